The van der Waals surface area contributed by atoms with Crippen LogP contribution in [0.25, 0.3) is 4.91 Å². The molecule has 2 aliphatic heterocycles. The number of amides is 1. The second-order valence-electron chi connectivity index (χ2n) is 5.26. The Balaban J connectivity index is 0.000000246. The number of allylic oxidation sites excluding steroid dienone is 1. The Labute approximate surface area is 135 Å². The lowest BCUT2D eigenvalue weighted by Gasteiger charge is -2.04. The van der Waals surface area contributed by atoms with Gasteiger partial charge >= 0.3 is 0 Å². The van der Waals surface area contributed by atoms with E-state index in [4.69, 9.17) is 5.11 Å². The minimum absolute atomic E-state index is 0.0648. The third-order valence-electron chi connectivity index (χ3n) is 3.53. The topological polar surface area (TPSA) is 73.4 Å². The van der Waals surface area contributed by atoms with E-state index >= 15 is 0 Å². The van der Waals surface area contributed by atoms with Gasteiger partial charge in [0.25, 0.3) is 0 Å². The monoisotopic (exact) mass is 321 g/mol. The van der Waals surface area contributed by atoms with Gasteiger partial charge in [0.2, 0.25) is 6.41 Å². The SMILES string of the molecule is CC1=C(c2ccc(CNC=O)cc2)SCN1.OC1CCNC1. The van der Waals surface area contributed by atoms with Gasteiger partial charge in [0.15, 0.2) is 0 Å². The van der Waals surface area contributed by atoms with Crippen LogP contribution in [0.4, 0.5) is 0 Å². The molecule has 2 aliphatic rings. The van der Waals surface area contributed by atoms with Gasteiger partial charge in [-0.3, -0.25) is 4.79 Å². The van der Waals surface area contributed by atoms with Crippen LogP contribution in [0, 0.1) is 0 Å². The molecule has 1 aromatic rings. The number of benzene rings is 1. The average molecular weight is 321 g/mol. The first kappa shape index (κ1) is 16.9. The molecule has 6 heteroatoms. The summed E-state index contributed by atoms with van der Waals surface area (Å²) in [5, 5.41) is 17.6. The molecule has 5 nitrogen and oxygen atoms in total. The van der Waals surface area contributed by atoms with Gasteiger partial charge in [-0.15, -0.1) is 11.8 Å². The summed E-state index contributed by atoms with van der Waals surface area (Å²) in [6, 6.07) is 8.29. The number of carbonyl (C=O) groups is 1. The molecule has 1 atom stereocenters. The zero-order chi connectivity index (χ0) is 15.8. The maximum Gasteiger partial charge on any atom is 0.207 e. The fourth-order valence-electron chi connectivity index (χ4n) is 2.28. The van der Waals surface area contributed by atoms with Crippen LogP contribution in [0.1, 0.15) is 24.5 Å². The number of hydrogen-bond acceptors (Lipinski definition) is 5. The molecule has 22 heavy (non-hydrogen) atoms. The molecule has 0 aliphatic carbocycles. The van der Waals surface area contributed by atoms with E-state index in [0.29, 0.717) is 6.54 Å². The molecule has 0 saturated carbocycles. The standard InChI is InChI=1S/C12H14N2OS.C4H9NO/c1-9-12(16-8-14-9)11-4-2-10(3-5-11)6-13-7-15;6-4-1-2-5-3-4/h2-5,7,14H,6,8H2,1H3,(H,13,15);4-6H,1-3H2. The van der Waals surface area contributed by atoms with Crippen molar-refractivity contribution in [2.75, 3.05) is 19.0 Å². The van der Waals surface area contributed by atoms with Crippen molar-refractivity contribution in [1.82, 2.24) is 16.0 Å². The predicted octanol–water partition coefficient (Wildman–Crippen LogP) is 1.26. The molecular formula is C16H23N3O2S. The van der Waals surface area contributed by atoms with Gasteiger partial charge in [-0.25, -0.2) is 0 Å². The van der Waals surface area contributed by atoms with E-state index in [1.54, 1.807) is 0 Å². The number of aliphatic hydroxyl groups excluding tert-OH is 1. The summed E-state index contributed by atoms with van der Waals surface area (Å²) >= 11 is 1.82. The molecule has 0 aromatic heterocycles. The summed E-state index contributed by atoms with van der Waals surface area (Å²) in [6.45, 7) is 4.46. The summed E-state index contributed by atoms with van der Waals surface area (Å²) < 4.78 is 0. The summed E-state index contributed by atoms with van der Waals surface area (Å²) in [5.74, 6) is 0.954. The predicted molar refractivity (Wildman–Crippen MR) is 91.0 cm³/mol. The maximum atomic E-state index is 10.2. The highest BCUT2D eigenvalue weighted by atomic mass is 32.2. The molecule has 0 bridgehead atoms. The van der Waals surface area contributed by atoms with Gasteiger partial charge < -0.3 is 21.1 Å². The minimum Gasteiger partial charge on any atom is -0.392 e. The highest BCUT2D eigenvalue weighted by Gasteiger charge is 2.12. The van der Waals surface area contributed by atoms with Gasteiger partial charge in [-0.2, -0.15) is 0 Å². The van der Waals surface area contributed by atoms with E-state index in [1.807, 2.05) is 23.9 Å². The van der Waals surface area contributed by atoms with Gasteiger partial charge in [-0.1, -0.05) is 24.3 Å². The first-order valence-corrected chi connectivity index (χ1v) is 8.42. The van der Waals surface area contributed by atoms with Crippen LogP contribution in [0.2, 0.25) is 0 Å². The van der Waals surface area contributed by atoms with Crippen molar-refractivity contribution in [3.63, 3.8) is 0 Å². The Hall–Kier alpha value is -1.50. The lowest BCUT2D eigenvalue weighted by Crippen LogP contribution is -2.11. The highest BCUT2D eigenvalue weighted by molar-refractivity contribution is 8.08. The molecular weight excluding hydrogens is 298 g/mol. The number of aliphatic hydroxyl groups is 1. The van der Waals surface area contributed by atoms with Gasteiger partial charge in [0.1, 0.15) is 0 Å². The average Bonchev–Trinajstić information content (AvgIpc) is 3.17. The lowest BCUT2D eigenvalue weighted by atomic mass is 10.1. The molecule has 1 saturated heterocycles. The Morgan fingerprint density at radius 2 is 2.18 bits per heavy atom. The van der Waals surface area contributed by atoms with E-state index in [-0.39, 0.29) is 6.10 Å². The van der Waals surface area contributed by atoms with Crippen LogP contribution in [-0.4, -0.2) is 36.6 Å². The van der Waals surface area contributed by atoms with E-state index in [0.717, 1.165) is 37.4 Å². The molecule has 2 heterocycles. The highest BCUT2D eigenvalue weighted by Crippen LogP contribution is 2.33. The van der Waals surface area contributed by atoms with Crippen LogP contribution in [0.15, 0.2) is 30.0 Å². The van der Waals surface area contributed by atoms with Crippen molar-refractivity contribution in [1.29, 1.82) is 0 Å². The van der Waals surface area contributed by atoms with Gasteiger partial charge in [0.05, 0.1) is 12.0 Å². The van der Waals surface area contributed by atoms with E-state index in [2.05, 4.69) is 35.0 Å². The summed E-state index contributed by atoms with van der Waals surface area (Å²) in [4.78, 5) is 11.5. The molecule has 120 valence electrons. The van der Waals surface area contributed by atoms with E-state index in [9.17, 15) is 4.79 Å². The Morgan fingerprint density at radius 1 is 1.41 bits per heavy atom. The first-order chi connectivity index (χ1) is 10.7. The molecule has 0 spiro atoms. The van der Waals surface area contributed by atoms with Crippen LogP contribution in [-0.2, 0) is 11.3 Å². The third-order valence-corrected chi connectivity index (χ3v) is 4.65. The summed E-state index contributed by atoms with van der Waals surface area (Å²) in [7, 11) is 0. The summed E-state index contributed by atoms with van der Waals surface area (Å²) in [5.41, 5.74) is 3.59. The van der Waals surface area contributed by atoms with Crippen molar-refractivity contribution >= 4 is 23.1 Å². The molecule has 4 N–H and O–H groups in total. The fraction of sp³-hybridized carbons (Fsp3) is 0.438. The zero-order valence-electron chi connectivity index (χ0n) is 12.8. The van der Waals surface area contributed by atoms with Crippen molar-refractivity contribution in [3.8, 4) is 0 Å². The zero-order valence-corrected chi connectivity index (χ0v) is 13.6. The maximum absolute atomic E-state index is 10.2. The molecule has 1 aromatic carbocycles. The number of rotatable bonds is 4. The normalized spacial score (nSPS) is 20.2. The quantitative estimate of drug-likeness (QED) is 0.628. The van der Waals surface area contributed by atoms with Crippen LogP contribution >= 0.6 is 11.8 Å². The second-order valence-corrected chi connectivity index (χ2v) is 6.25. The van der Waals surface area contributed by atoms with Crippen LogP contribution < -0.4 is 16.0 Å². The molecule has 3 rings (SSSR count). The Morgan fingerprint density at radius 3 is 2.64 bits per heavy atom. The number of carbonyl (C=O) groups excluding carboxylic acids is 1. The van der Waals surface area contributed by atoms with Crippen molar-refractivity contribution in [2.24, 2.45) is 0 Å². The van der Waals surface area contributed by atoms with Gasteiger partial charge in [0, 0.05) is 23.7 Å². The Bertz CT molecular complexity index is 511. The number of nitrogens with one attached hydrogen (secondary N) is 3. The van der Waals surface area contributed by atoms with Crippen molar-refractivity contribution in [2.45, 2.75) is 26.0 Å². The number of β-amino-alcohol motifs (C(OH)–C–C–N with tert-alkyl or cyclic N) is 1. The summed E-state index contributed by atoms with van der Waals surface area (Å²) in [6.07, 6.45) is 1.59. The number of thioether (sulfide) groups is 1. The Kier molecular flexibility index (Phi) is 6.76. The van der Waals surface area contributed by atoms with Crippen LogP contribution in [0.5, 0.6) is 0 Å². The fourth-order valence-corrected chi connectivity index (χ4v) is 3.30. The third kappa shape index (κ3) is 5.05. The molecule has 1 unspecified atom stereocenters. The molecule has 0 radical (unpaired) electrons. The van der Waals surface area contributed by atoms with Gasteiger partial charge in [-0.05, 0) is 31.0 Å². The number of hydrogen-bond donors (Lipinski definition) is 4. The minimum atomic E-state index is -0.0648. The van der Waals surface area contributed by atoms with Crippen LogP contribution in [0.3, 0.4) is 0 Å². The smallest absolute Gasteiger partial charge is 0.207 e. The first-order valence-electron chi connectivity index (χ1n) is 7.43. The van der Waals surface area contributed by atoms with E-state index < -0.39 is 0 Å². The largest absolute Gasteiger partial charge is 0.392 e. The van der Waals surface area contributed by atoms with Crippen molar-refractivity contribution in [3.05, 3.63) is 41.1 Å². The van der Waals surface area contributed by atoms with E-state index in [1.165, 1.54) is 16.2 Å². The molecule has 1 fully saturated rings. The second kappa shape index (κ2) is 8.82. The van der Waals surface area contributed by atoms with Crippen molar-refractivity contribution < 1.29 is 9.90 Å². The molecule has 1 amide bonds. The lowest BCUT2D eigenvalue weighted by molar-refractivity contribution is -0.109.